The van der Waals surface area contributed by atoms with Crippen LogP contribution in [-0.4, -0.2) is 30.1 Å². The van der Waals surface area contributed by atoms with Crippen LogP contribution < -0.4 is 5.32 Å². The third kappa shape index (κ3) is 3.22. The summed E-state index contributed by atoms with van der Waals surface area (Å²) >= 11 is 0. The van der Waals surface area contributed by atoms with E-state index in [2.05, 4.69) is 24.1 Å². The molecule has 2 rings (SSSR count). The Morgan fingerprint density at radius 2 is 2.00 bits per heavy atom. The molecular formula is C15H23FN2. The molecule has 1 aromatic rings. The van der Waals surface area contributed by atoms with Crippen molar-refractivity contribution in [1.82, 2.24) is 4.90 Å². The largest absolute Gasteiger partial charge is 0.380 e. The lowest BCUT2D eigenvalue weighted by Gasteiger charge is -2.36. The van der Waals surface area contributed by atoms with E-state index >= 15 is 0 Å². The maximum Gasteiger partial charge on any atom is 0.146 e. The predicted molar refractivity (Wildman–Crippen MR) is 74.4 cm³/mol. The van der Waals surface area contributed by atoms with Gasteiger partial charge < -0.3 is 10.2 Å². The van der Waals surface area contributed by atoms with E-state index < -0.39 is 0 Å². The molecule has 0 bridgehead atoms. The molecule has 1 fully saturated rings. The molecule has 1 N–H and O–H groups in total. The van der Waals surface area contributed by atoms with Crippen molar-refractivity contribution in [3.63, 3.8) is 0 Å². The Morgan fingerprint density at radius 3 is 2.61 bits per heavy atom. The summed E-state index contributed by atoms with van der Waals surface area (Å²) in [4.78, 5) is 2.53. The van der Waals surface area contributed by atoms with Crippen molar-refractivity contribution in [2.24, 2.45) is 0 Å². The van der Waals surface area contributed by atoms with Crippen molar-refractivity contribution in [2.45, 2.75) is 45.2 Å². The number of likely N-dealkylation sites (tertiary alicyclic amines) is 1. The fourth-order valence-electron chi connectivity index (χ4n) is 2.54. The van der Waals surface area contributed by atoms with Gasteiger partial charge in [-0.1, -0.05) is 19.1 Å². The van der Waals surface area contributed by atoms with Crippen LogP contribution in [0.15, 0.2) is 24.3 Å². The lowest BCUT2D eigenvalue weighted by atomic mass is 10.0. The summed E-state index contributed by atoms with van der Waals surface area (Å²) in [5, 5.41) is 3.32. The lowest BCUT2D eigenvalue weighted by Crippen LogP contribution is -2.43. The van der Waals surface area contributed by atoms with E-state index in [1.807, 2.05) is 12.1 Å². The number of rotatable bonds is 4. The van der Waals surface area contributed by atoms with E-state index in [0.29, 0.717) is 17.8 Å². The van der Waals surface area contributed by atoms with E-state index in [0.717, 1.165) is 25.9 Å². The first kappa shape index (κ1) is 13.3. The Kier molecular flexibility index (Phi) is 4.59. The van der Waals surface area contributed by atoms with Crippen LogP contribution in [0.5, 0.6) is 0 Å². The van der Waals surface area contributed by atoms with Gasteiger partial charge in [0.05, 0.1) is 5.69 Å². The van der Waals surface area contributed by atoms with Crippen LogP contribution in [0, 0.1) is 5.82 Å². The average Bonchev–Trinajstić information content (AvgIpc) is 2.41. The second-order valence-electron chi connectivity index (χ2n) is 5.19. The molecule has 1 aliphatic rings. The van der Waals surface area contributed by atoms with Gasteiger partial charge in [-0.3, -0.25) is 0 Å². The first-order valence-corrected chi connectivity index (χ1v) is 6.95. The van der Waals surface area contributed by atoms with Gasteiger partial charge >= 0.3 is 0 Å². The Morgan fingerprint density at radius 1 is 1.33 bits per heavy atom. The quantitative estimate of drug-likeness (QED) is 0.880. The molecule has 1 aliphatic heterocycles. The minimum atomic E-state index is -0.151. The molecule has 0 saturated carbocycles. The van der Waals surface area contributed by atoms with Crippen LogP contribution in [0.25, 0.3) is 0 Å². The van der Waals surface area contributed by atoms with Crippen molar-refractivity contribution in [1.29, 1.82) is 0 Å². The maximum absolute atomic E-state index is 13.5. The van der Waals surface area contributed by atoms with Crippen LogP contribution in [-0.2, 0) is 0 Å². The number of piperidine rings is 1. The highest BCUT2D eigenvalue weighted by atomic mass is 19.1. The molecule has 0 aromatic heterocycles. The second-order valence-corrected chi connectivity index (χ2v) is 5.19. The number of hydrogen-bond donors (Lipinski definition) is 1. The van der Waals surface area contributed by atoms with Crippen molar-refractivity contribution >= 4 is 5.69 Å². The summed E-state index contributed by atoms with van der Waals surface area (Å²) < 4.78 is 13.5. The molecule has 1 atom stereocenters. The zero-order chi connectivity index (χ0) is 13.0. The maximum atomic E-state index is 13.5. The summed E-state index contributed by atoms with van der Waals surface area (Å²) in [5.41, 5.74) is 0.638. The van der Waals surface area contributed by atoms with Crippen LogP contribution in [0.2, 0.25) is 0 Å². The first-order valence-electron chi connectivity index (χ1n) is 6.95. The predicted octanol–water partition coefficient (Wildman–Crippen LogP) is 3.50. The Hall–Kier alpha value is -1.09. The second kappa shape index (κ2) is 6.19. The highest BCUT2D eigenvalue weighted by Crippen LogP contribution is 2.20. The minimum Gasteiger partial charge on any atom is -0.380 e. The molecule has 3 heteroatoms. The number of nitrogens with zero attached hydrogens (tertiary/aromatic N) is 1. The molecule has 18 heavy (non-hydrogen) atoms. The zero-order valence-corrected chi connectivity index (χ0v) is 11.3. The number of hydrogen-bond acceptors (Lipinski definition) is 2. The molecule has 0 amide bonds. The molecular weight excluding hydrogens is 227 g/mol. The number of halogens is 1. The van der Waals surface area contributed by atoms with Crippen LogP contribution in [0.1, 0.15) is 33.1 Å². The lowest BCUT2D eigenvalue weighted by molar-refractivity contribution is 0.163. The molecule has 1 aromatic carbocycles. The minimum absolute atomic E-state index is 0.151. The molecule has 0 spiro atoms. The van der Waals surface area contributed by atoms with Crippen LogP contribution in [0.3, 0.4) is 0 Å². The van der Waals surface area contributed by atoms with Crippen molar-refractivity contribution in [2.75, 3.05) is 18.4 Å². The number of anilines is 1. The molecule has 0 radical (unpaired) electrons. The molecule has 1 unspecified atom stereocenters. The van der Waals surface area contributed by atoms with Gasteiger partial charge in [0.2, 0.25) is 0 Å². The number of para-hydroxylation sites is 1. The normalized spacial score (nSPS) is 19.7. The fraction of sp³-hybridized carbons (Fsp3) is 0.600. The zero-order valence-electron chi connectivity index (χ0n) is 11.3. The number of nitrogens with one attached hydrogen (secondary N) is 1. The van der Waals surface area contributed by atoms with Crippen LogP contribution in [0.4, 0.5) is 10.1 Å². The van der Waals surface area contributed by atoms with Gasteiger partial charge in [-0.15, -0.1) is 0 Å². The average molecular weight is 250 g/mol. The highest BCUT2D eigenvalue weighted by Gasteiger charge is 2.22. The van der Waals surface area contributed by atoms with Gasteiger partial charge in [-0.2, -0.15) is 0 Å². The standard InChI is InChI=1S/C15H23FN2/c1-3-12(2)18-10-8-13(9-11-18)17-15-7-5-4-6-14(15)16/h4-7,12-13,17H,3,8-11H2,1-2H3. The van der Waals surface area contributed by atoms with Gasteiger partial charge in [0.15, 0.2) is 0 Å². The van der Waals surface area contributed by atoms with Crippen LogP contribution >= 0.6 is 0 Å². The van der Waals surface area contributed by atoms with Crippen molar-refractivity contribution in [3.05, 3.63) is 30.1 Å². The topological polar surface area (TPSA) is 15.3 Å². The van der Waals surface area contributed by atoms with Gasteiger partial charge in [-0.25, -0.2) is 4.39 Å². The Labute approximate surface area is 109 Å². The highest BCUT2D eigenvalue weighted by molar-refractivity contribution is 5.45. The third-order valence-electron chi connectivity index (χ3n) is 3.98. The van der Waals surface area contributed by atoms with Crippen molar-refractivity contribution < 1.29 is 4.39 Å². The monoisotopic (exact) mass is 250 g/mol. The molecule has 1 saturated heterocycles. The fourth-order valence-corrected chi connectivity index (χ4v) is 2.54. The van der Waals surface area contributed by atoms with Gasteiger partial charge in [-0.05, 0) is 38.3 Å². The molecule has 1 heterocycles. The third-order valence-corrected chi connectivity index (χ3v) is 3.98. The summed E-state index contributed by atoms with van der Waals surface area (Å²) in [6.07, 6.45) is 3.39. The summed E-state index contributed by atoms with van der Waals surface area (Å²) in [7, 11) is 0. The van der Waals surface area contributed by atoms with Gasteiger partial charge in [0, 0.05) is 25.2 Å². The molecule has 100 valence electrons. The van der Waals surface area contributed by atoms with Gasteiger partial charge in [0.1, 0.15) is 5.82 Å². The summed E-state index contributed by atoms with van der Waals surface area (Å²) in [6, 6.07) is 8.00. The van der Waals surface area contributed by atoms with E-state index in [4.69, 9.17) is 0 Å². The Bertz CT molecular complexity index is 373. The summed E-state index contributed by atoms with van der Waals surface area (Å²) in [6.45, 7) is 6.74. The van der Waals surface area contributed by atoms with Crippen molar-refractivity contribution in [3.8, 4) is 0 Å². The number of benzene rings is 1. The SMILES string of the molecule is CCC(C)N1CCC(Nc2ccccc2F)CC1. The van der Waals surface area contributed by atoms with E-state index in [1.165, 1.54) is 12.5 Å². The smallest absolute Gasteiger partial charge is 0.146 e. The first-order chi connectivity index (χ1) is 8.70. The van der Waals surface area contributed by atoms with E-state index in [1.54, 1.807) is 6.07 Å². The molecule has 0 aliphatic carbocycles. The summed E-state index contributed by atoms with van der Waals surface area (Å²) in [5.74, 6) is -0.151. The van der Waals surface area contributed by atoms with E-state index in [9.17, 15) is 4.39 Å². The molecule has 2 nitrogen and oxygen atoms in total. The Balaban J connectivity index is 1.86. The van der Waals surface area contributed by atoms with Gasteiger partial charge in [0.25, 0.3) is 0 Å². The van der Waals surface area contributed by atoms with E-state index in [-0.39, 0.29) is 5.82 Å².